The lowest BCUT2D eigenvalue weighted by atomic mass is 9.99. The van der Waals surface area contributed by atoms with Crippen molar-refractivity contribution in [1.82, 2.24) is 14.9 Å². The van der Waals surface area contributed by atoms with Crippen LogP contribution in [-0.4, -0.2) is 53.3 Å². The van der Waals surface area contributed by atoms with Crippen molar-refractivity contribution in [3.05, 3.63) is 90.3 Å². The minimum absolute atomic E-state index is 0.00581. The molecule has 0 aliphatic heterocycles. The number of carboxylic acid groups (broad SMARTS) is 1. The molecule has 0 fully saturated rings. The van der Waals surface area contributed by atoms with Gasteiger partial charge < -0.3 is 19.7 Å². The summed E-state index contributed by atoms with van der Waals surface area (Å²) in [6.07, 6.45) is -4.64. The summed E-state index contributed by atoms with van der Waals surface area (Å²) >= 11 is 0. The fourth-order valence-corrected chi connectivity index (χ4v) is 5.34. The average molecular weight is 619 g/mol. The Hall–Kier alpha value is -4.43. The number of carbonyl (C=O) groups is 2. The molecule has 43 heavy (non-hydrogen) atoms. The largest absolute Gasteiger partial charge is 0.490 e. The average Bonchev–Trinajstić information content (AvgIpc) is 3.36. The molecule has 3 aromatic carbocycles. The lowest BCUT2D eigenvalue weighted by Gasteiger charge is -2.30. The third-order valence-corrected chi connectivity index (χ3v) is 8.05. The summed E-state index contributed by atoms with van der Waals surface area (Å²) in [5.74, 6) is -3.46. The van der Waals surface area contributed by atoms with Gasteiger partial charge in [0.1, 0.15) is 6.10 Å². The van der Waals surface area contributed by atoms with Crippen molar-refractivity contribution in [2.24, 2.45) is 0 Å². The predicted molar refractivity (Wildman–Crippen MR) is 152 cm³/mol. The van der Waals surface area contributed by atoms with Gasteiger partial charge in [0.2, 0.25) is 0 Å². The molecule has 0 aliphatic carbocycles. The highest BCUT2D eigenvalue weighted by Gasteiger charge is 2.42. The van der Waals surface area contributed by atoms with E-state index in [0.29, 0.717) is 24.0 Å². The van der Waals surface area contributed by atoms with Crippen LogP contribution in [0.2, 0.25) is 0 Å². The third kappa shape index (κ3) is 8.11. The number of sulfonamides is 1. The van der Waals surface area contributed by atoms with Gasteiger partial charge in [-0.3, -0.25) is 4.72 Å². The number of benzene rings is 3. The molecule has 0 saturated heterocycles. The summed E-state index contributed by atoms with van der Waals surface area (Å²) in [6.45, 7) is 3.78. The van der Waals surface area contributed by atoms with Crippen LogP contribution in [0, 0.1) is 0 Å². The van der Waals surface area contributed by atoms with Crippen molar-refractivity contribution in [3.63, 3.8) is 0 Å². The van der Waals surface area contributed by atoms with Crippen LogP contribution in [0.3, 0.4) is 0 Å². The Kier molecular flexibility index (Phi) is 9.11. The van der Waals surface area contributed by atoms with Crippen LogP contribution in [0.5, 0.6) is 0 Å². The van der Waals surface area contributed by atoms with Gasteiger partial charge in [-0.1, -0.05) is 30.3 Å². The highest BCUT2D eigenvalue weighted by molar-refractivity contribution is 7.92. The summed E-state index contributed by atoms with van der Waals surface area (Å²) in [6, 6.07) is 17.7. The number of halogens is 3. The molecule has 4 aromatic rings. The van der Waals surface area contributed by atoms with Gasteiger partial charge in [-0.15, -0.1) is 0 Å². The Morgan fingerprint density at radius 1 is 1.02 bits per heavy atom. The second-order valence-corrected chi connectivity index (χ2v) is 12.1. The molecule has 4 rings (SSSR count). The number of ether oxygens (including phenoxy) is 1. The summed E-state index contributed by atoms with van der Waals surface area (Å²) in [5.41, 5.74) is 0.836. The van der Waals surface area contributed by atoms with Crippen molar-refractivity contribution in [1.29, 1.82) is 0 Å². The van der Waals surface area contributed by atoms with Crippen LogP contribution < -0.4 is 10.0 Å². The van der Waals surface area contributed by atoms with Gasteiger partial charge in [-0.2, -0.15) is 13.2 Å². The van der Waals surface area contributed by atoms with Gasteiger partial charge >= 0.3 is 18.1 Å². The number of aromatic carboxylic acids is 1. The van der Waals surface area contributed by atoms with E-state index in [-0.39, 0.29) is 28.3 Å². The summed E-state index contributed by atoms with van der Waals surface area (Å²) in [7, 11) is -3.98. The SMILES string of the molecule is CC(C)(CCn1cnc2ccc(C(=O)O)cc21)NC[C@H](OC(=O)C(F)(F)F)c1cccc(NS(=O)(=O)c2ccccc2)c1. The number of aryl methyl sites for hydroxylation is 1. The number of aromatic nitrogens is 2. The summed E-state index contributed by atoms with van der Waals surface area (Å²) in [5, 5.41) is 12.4. The van der Waals surface area contributed by atoms with E-state index in [1.165, 1.54) is 48.5 Å². The zero-order chi connectivity index (χ0) is 31.4. The second-order valence-electron chi connectivity index (χ2n) is 10.4. The first-order valence-corrected chi connectivity index (χ1v) is 14.5. The Balaban J connectivity index is 1.50. The van der Waals surface area contributed by atoms with Gasteiger partial charge in [-0.25, -0.2) is 23.0 Å². The van der Waals surface area contributed by atoms with Gasteiger partial charge in [0.25, 0.3) is 10.0 Å². The van der Waals surface area contributed by atoms with E-state index in [2.05, 4.69) is 15.0 Å². The summed E-state index contributed by atoms with van der Waals surface area (Å²) < 4.78 is 73.9. The molecular formula is C29H29F3N4O6S. The molecular weight excluding hydrogens is 589 g/mol. The third-order valence-electron chi connectivity index (χ3n) is 6.66. The fourth-order valence-electron chi connectivity index (χ4n) is 4.27. The zero-order valence-corrected chi connectivity index (χ0v) is 23.9. The molecule has 0 unspecified atom stereocenters. The van der Waals surface area contributed by atoms with E-state index in [1.54, 1.807) is 35.2 Å². The number of hydrogen-bond acceptors (Lipinski definition) is 7. The fraction of sp³-hybridized carbons (Fsp3) is 0.276. The number of hydrogen-bond donors (Lipinski definition) is 3. The normalized spacial score (nSPS) is 13.0. The van der Waals surface area contributed by atoms with Gasteiger partial charge in [0, 0.05) is 24.3 Å². The molecule has 228 valence electrons. The van der Waals surface area contributed by atoms with Crippen molar-refractivity contribution in [3.8, 4) is 0 Å². The minimum atomic E-state index is -5.24. The second kappa shape index (κ2) is 12.4. The number of carboxylic acids is 1. The van der Waals surface area contributed by atoms with Crippen LogP contribution >= 0.6 is 0 Å². The molecule has 0 bridgehead atoms. The van der Waals surface area contributed by atoms with Crippen molar-refractivity contribution in [2.75, 3.05) is 11.3 Å². The lowest BCUT2D eigenvalue weighted by Crippen LogP contribution is -2.43. The topological polar surface area (TPSA) is 140 Å². The smallest absolute Gasteiger partial charge is 0.478 e. The van der Waals surface area contributed by atoms with Crippen LogP contribution in [0.25, 0.3) is 11.0 Å². The predicted octanol–water partition coefficient (Wildman–Crippen LogP) is 5.14. The van der Waals surface area contributed by atoms with E-state index in [9.17, 15) is 36.3 Å². The number of imidazole rings is 1. The molecule has 14 heteroatoms. The number of carbonyl (C=O) groups excluding carboxylic acids is 1. The monoisotopic (exact) mass is 618 g/mol. The number of rotatable bonds is 12. The standard InChI is InChI=1S/C29H29F3N4O6S/c1-28(2,13-14-36-18-33-23-12-11-20(26(37)38)16-24(23)36)34-17-25(42-27(39)29(30,31)32)19-7-6-8-21(15-19)35-43(40,41)22-9-4-3-5-10-22/h3-12,15-16,18,25,34-35H,13-14,17H2,1-2H3,(H,37,38)/t25-/m0/s1. The number of anilines is 1. The Morgan fingerprint density at radius 2 is 1.74 bits per heavy atom. The molecule has 1 aromatic heterocycles. The van der Waals surface area contributed by atoms with Crippen LogP contribution in [0.4, 0.5) is 18.9 Å². The maximum absolute atomic E-state index is 13.1. The van der Waals surface area contributed by atoms with Crippen LogP contribution in [0.1, 0.15) is 42.3 Å². The number of nitrogens with one attached hydrogen (secondary N) is 2. The highest BCUT2D eigenvalue weighted by Crippen LogP contribution is 2.27. The highest BCUT2D eigenvalue weighted by atomic mass is 32.2. The summed E-state index contributed by atoms with van der Waals surface area (Å²) in [4.78, 5) is 27.5. The number of alkyl halides is 3. The molecule has 3 N–H and O–H groups in total. The Morgan fingerprint density at radius 3 is 2.42 bits per heavy atom. The van der Waals surface area contributed by atoms with E-state index in [0.717, 1.165) is 0 Å². The van der Waals surface area contributed by atoms with E-state index in [1.807, 2.05) is 13.8 Å². The van der Waals surface area contributed by atoms with Crippen LogP contribution in [0.15, 0.2) is 84.0 Å². The van der Waals surface area contributed by atoms with Crippen LogP contribution in [-0.2, 0) is 26.1 Å². The molecule has 1 heterocycles. The van der Waals surface area contributed by atoms with E-state index in [4.69, 9.17) is 4.74 Å². The quantitative estimate of drug-likeness (QED) is 0.186. The van der Waals surface area contributed by atoms with Crippen molar-refractivity contribution in [2.45, 2.75) is 49.5 Å². The van der Waals surface area contributed by atoms with Crippen molar-refractivity contribution < 1.29 is 41.0 Å². The molecule has 0 amide bonds. The number of fused-ring (bicyclic) bond motifs is 1. The maximum Gasteiger partial charge on any atom is 0.490 e. The Labute approximate surface area is 245 Å². The first-order valence-electron chi connectivity index (χ1n) is 13.0. The molecule has 10 nitrogen and oxygen atoms in total. The number of nitrogens with zero attached hydrogens (tertiary/aromatic N) is 2. The van der Waals surface area contributed by atoms with Gasteiger partial charge in [0.05, 0.1) is 27.8 Å². The molecule has 0 spiro atoms. The molecule has 0 aliphatic rings. The van der Waals surface area contributed by atoms with E-state index >= 15 is 0 Å². The molecule has 1 atom stereocenters. The Bertz CT molecular complexity index is 1720. The van der Waals surface area contributed by atoms with E-state index < -0.39 is 39.8 Å². The lowest BCUT2D eigenvalue weighted by molar-refractivity contribution is -0.205. The van der Waals surface area contributed by atoms with Crippen molar-refractivity contribution >= 4 is 38.7 Å². The molecule has 0 radical (unpaired) electrons. The zero-order valence-electron chi connectivity index (χ0n) is 23.1. The number of esters is 1. The molecule has 0 saturated carbocycles. The minimum Gasteiger partial charge on any atom is -0.478 e. The van der Waals surface area contributed by atoms with Gasteiger partial charge in [-0.05, 0) is 68.3 Å². The first kappa shape index (κ1) is 31.5. The maximum atomic E-state index is 13.1. The first-order chi connectivity index (χ1) is 20.1. The van der Waals surface area contributed by atoms with Gasteiger partial charge in [0.15, 0.2) is 0 Å².